The normalized spacial score (nSPS) is 11.2. The molecule has 0 heterocycles. The van der Waals surface area contributed by atoms with Gasteiger partial charge in [0.2, 0.25) is 15.9 Å². The van der Waals surface area contributed by atoms with Gasteiger partial charge in [0.25, 0.3) is 0 Å². The number of aryl methyl sites for hydroxylation is 3. The molecule has 0 spiro atoms. The minimum atomic E-state index is -3.44. The van der Waals surface area contributed by atoms with E-state index in [0.29, 0.717) is 25.3 Å². The van der Waals surface area contributed by atoms with Crippen molar-refractivity contribution in [3.63, 3.8) is 0 Å². The van der Waals surface area contributed by atoms with Gasteiger partial charge in [0, 0.05) is 13.0 Å². The third-order valence-electron chi connectivity index (χ3n) is 5.01. The van der Waals surface area contributed by atoms with E-state index in [1.165, 1.54) is 16.1 Å². The summed E-state index contributed by atoms with van der Waals surface area (Å²) >= 11 is 0. The zero-order chi connectivity index (χ0) is 22.9. The van der Waals surface area contributed by atoms with Crippen LogP contribution in [0.15, 0.2) is 42.5 Å². The van der Waals surface area contributed by atoms with Crippen LogP contribution < -0.4 is 14.4 Å². The molecule has 6 nitrogen and oxygen atoms in total. The molecule has 2 aromatic carbocycles. The second-order valence-electron chi connectivity index (χ2n) is 7.77. The molecular formula is C24H34N2O4S. The lowest BCUT2D eigenvalue weighted by Crippen LogP contribution is -2.33. The number of hydrogen-bond donors (Lipinski definition) is 1. The van der Waals surface area contributed by atoms with Crippen molar-refractivity contribution in [3.05, 3.63) is 59.2 Å². The SMILES string of the molecule is CCCc1ccc(OCCNC(=O)CCCN(c2c(C)cccc2C)S(C)(=O)=O)cc1. The van der Waals surface area contributed by atoms with Crippen LogP contribution in [0.1, 0.15) is 42.9 Å². The van der Waals surface area contributed by atoms with E-state index in [1.54, 1.807) is 0 Å². The van der Waals surface area contributed by atoms with E-state index in [2.05, 4.69) is 24.4 Å². The monoisotopic (exact) mass is 446 g/mol. The number of carbonyl (C=O) groups excluding carboxylic acids is 1. The molecule has 1 N–H and O–H groups in total. The minimum absolute atomic E-state index is 0.114. The Morgan fingerprint density at radius 3 is 2.29 bits per heavy atom. The summed E-state index contributed by atoms with van der Waals surface area (Å²) in [6.45, 7) is 6.99. The van der Waals surface area contributed by atoms with E-state index in [0.717, 1.165) is 29.7 Å². The number of nitrogens with one attached hydrogen (secondary N) is 1. The first kappa shape index (κ1) is 24.7. The Kier molecular flexibility index (Phi) is 9.37. The smallest absolute Gasteiger partial charge is 0.232 e. The van der Waals surface area contributed by atoms with E-state index in [1.807, 2.05) is 44.2 Å². The van der Waals surface area contributed by atoms with Gasteiger partial charge in [0.15, 0.2) is 0 Å². The number of para-hydroxylation sites is 1. The van der Waals surface area contributed by atoms with Crippen LogP contribution in [-0.4, -0.2) is 40.3 Å². The summed E-state index contributed by atoms with van der Waals surface area (Å²) in [5.74, 6) is 0.670. The van der Waals surface area contributed by atoms with E-state index < -0.39 is 10.0 Å². The van der Waals surface area contributed by atoms with Crippen molar-refractivity contribution in [2.45, 2.75) is 46.5 Å². The summed E-state index contributed by atoms with van der Waals surface area (Å²) in [7, 11) is -3.44. The summed E-state index contributed by atoms with van der Waals surface area (Å²) in [6.07, 6.45) is 4.05. The van der Waals surface area contributed by atoms with Gasteiger partial charge < -0.3 is 10.1 Å². The number of ether oxygens (including phenoxy) is 1. The molecule has 31 heavy (non-hydrogen) atoms. The molecule has 0 aliphatic heterocycles. The minimum Gasteiger partial charge on any atom is -0.492 e. The molecule has 2 rings (SSSR count). The molecular weight excluding hydrogens is 412 g/mol. The largest absolute Gasteiger partial charge is 0.492 e. The summed E-state index contributed by atoms with van der Waals surface area (Å²) in [4.78, 5) is 12.1. The fourth-order valence-corrected chi connectivity index (χ4v) is 4.59. The van der Waals surface area contributed by atoms with Crippen LogP contribution in [0.4, 0.5) is 5.69 Å². The Morgan fingerprint density at radius 1 is 1.06 bits per heavy atom. The van der Waals surface area contributed by atoms with Crippen molar-refractivity contribution in [2.24, 2.45) is 0 Å². The molecule has 1 amide bonds. The lowest BCUT2D eigenvalue weighted by molar-refractivity contribution is -0.121. The molecule has 0 atom stereocenters. The van der Waals surface area contributed by atoms with Crippen molar-refractivity contribution < 1.29 is 17.9 Å². The number of benzene rings is 2. The van der Waals surface area contributed by atoms with Crippen LogP contribution in [0.5, 0.6) is 5.75 Å². The Balaban J connectivity index is 1.77. The highest BCUT2D eigenvalue weighted by Crippen LogP contribution is 2.27. The van der Waals surface area contributed by atoms with Crippen molar-refractivity contribution >= 4 is 21.6 Å². The fraction of sp³-hybridized carbons (Fsp3) is 0.458. The Hall–Kier alpha value is -2.54. The number of carbonyl (C=O) groups is 1. The molecule has 0 unspecified atom stereocenters. The topological polar surface area (TPSA) is 75.7 Å². The van der Waals surface area contributed by atoms with Crippen LogP contribution in [-0.2, 0) is 21.2 Å². The number of hydrogen-bond acceptors (Lipinski definition) is 4. The standard InChI is InChI=1S/C24H34N2O4S/c1-5-8-21-12-14-22(15-13-21)30-18-16-25-23(27)11-7-17-26(31(4,28)29)24-19(2)9-6-10-20(24)3/h6,9-10,12-15H,5,7-8,11,16-18H2,1-4H3,(H,25,27). The molecule has 0 aromatic heterocycles. The molecule has 2 aromatic rings. The highest BCUT2D eigenvalue weighted by atomic mass is 32.2. The van der Waals surface area contributed by atoms with Gasteiger partial charge >= 0.3 is 0 Å². The Morgan fingerprint density at radius 2 is 1.71 bits per heavy atom. The average molecular weight is 447 g/mol. The van der Waals surface area contributed by atoms with Crippen LogP contribution in [0.25, 0.3) is 0 Å². The predicted molar refractivity (Wildman–Crippen MR) is 126 cm³/mol. The Bertz CT molecular complexity index is 936. The van der Waals surface area contributed by atoms with Crippen molar-refractivity contribution in [1.82, 2.24) is 5.32 Å². The summed E-state index contributed by atoms with van der Waals surface area (Å²) in [5.41, 5.74) is 3.78. The van der Waals surface area contributed by atoms with Crippen LogP contribution in [0.2, 0.25) is 0 Å². The van der Waals surface area contributed by atoms with Crippen molar-refractivity contribution in [3.8, 4) is 5.75 Å². The summed E-state index contributed by atoms with van der Waals surface area (Å²) < 4.78 is 31.7. The van der Waals surface area contributed by atoms with Gasteiger partial charge in [0.1, 0.15) is 12.4 Å². The number of rotatable bonds is 12. The van der Waals surface area contributed by atoms with Gasteiger partial charge in [-0.1, -0.05) is 43.7 Å². The molecule has 0 fully saturated rings. The quantitative estimate of drug-likeness (QED) is 0.500. The Labute approximate surface area is 186 Å². The highest BCUT2D eigenvalue weighted by molar-refractivity contribution is 7.92. The highest BCUT2D eigenvalue weighted by Gasteiger charge is 2.20. The van der Waals surface area contributed by atoms with Gasteiger partial charge in [-0.2, -0.15) is 0 Å². The first-order chi connectivity index (χ1) is 14.7. The van der Waals surface area contributed by atoms with E-state index in [9.17, 15) is 13.2 Å². The maximum Gasteiger partial charge on any atom is 0.232 e. The van der Waals surface area contributed by atoms with Crippen LogP contribution >= 0.6 is 0 Å². The van der Waals surface area contributed by atoms with E-state index in [-0.39, 0.29) is 18.9 Å². The second kappa shape index (κ2) is 11.7. The summed E-state index contributed by atoms with van der Waals surface area (Å²) in [5, 5.41) is 2.83. The lowest BCUT2D eigenvalue weighted by atomic mass is 10.1. The third kappa shape index (κ3) is 7.90. The number of amides is 1. The van der Waals surface area contributed by atoms with Gasteiger partial charge in [-0.15, -0.1) is 0 Å². The lowest BCUT2D eigenvalue weighted by Gasteiger charge is -2.26. The number of sulfonamides is 1. The van der Waals surface area contributed by atoms with Crippen molar-refractivity contribution in [2.75, 3.05) is 30.3 Å². The zero-order valence-electron chi connectivity index (χ0n) is 19.0. The molecule has 0 bridgehead atoms. The van der Waals surface area contributed by atoms with E-state index >= 15 is 0 Å². The van der Waals surface area contributed by atoms with Gasteiger partial charge in [-0.25, -0.2) is 8.42 Å². The maximum absolute atomic E-state index is 12.3. The molecule has 0 saturated heterocycles. The molecule has 0 radical (unpaired) electrons. The molecule has 0 aliphatic carbocycles. The van der Waals surface area contributed by atoms with E-state index in [4.69, 9.17) is 4.74 Å². The molecule has 170 valence electrons. The van der Waals surface area contributed by atoms with Crippen LogP contribution in [0.3, 0.4) is 0 Å². The van der Waals surface area contributed by atoms with Crippen LogP contribution in [0, 0.1) is 13.8 Å². The molecule has 7 heteroatoms. The van der Waals surface area contributed by atoms with Crippen molar-refractivity contribution in [1.29, 1.82) is 0 Å². The first-order valence-electron chi connectivity index (χ1n) is 10.7. The third-order valence-corrected chi connectivity index (χ3v) is 6.18. The molecule has 0 aliphatic rings. The fourth-order valence-electron chi connectivity index (χ4n) is 3.51. The van der Waals surface area contributed by atoms with Gasteiger partial charge in [-0.05, 0) is 55.5 Å². The second-order valence-corrected chi connectivity index (χ2v) is 9.68. The number of anilines is 1. The first-order valence-corrected chi connectivity index (χ1v) is 12.6. The van der Waals surface area contributed by atoms with Gasteiger partial charge in [-0.3, -0.25) is 9.10 Å². The average Bonchev–Trinajstić information content (AvgIpc) is 2.70. The number of nitrogens with zero attached hydrogens (tertiary/aromatic N) is 1. The molecule has 0 saturated carbocycles. The predicted octanol–water partition coefficient (Wildman–Crippen LogP) is 4.00. The zero-order valence-corrected chi connectivity index (χ0v) is 19.8. The maximum atomic E-state index is 12.3. The summed E-state index contributed by atoms with van der Waals surface area (Å²) in [6, 6.07) is 13.7. The van der Waals surface area contributed by atoms with Gasteiger partial charge in [0.05, 0.1) is 18.5 Å².